The predicted molar refractivity (Wildman–Crippen MR) is 73.6 cm³/mol. The monoisotopic (exact) mass is 246 g/mol. The van der Waals surface area contributed by atoms with E-state index in [0.717, 1.165) is 38.9 Å². The summed E-state index contributed by atoms with van der Waals surface area (Å²) in [5.41, 5.74) is 5.63. The molecule has 0 aliphatic heterocycles. The van der Waals surface area contributed by atoms with E-state index in [1.807, 2.05) is 0 Å². The van der Waals surface area contributed by atoms with Gasteiger partial charge in [-0.2, -0.15) is 0 Å². The zero-order valence-electron chi connectivity index (χ0n) is 10.8. The Hall–Kier alpha value is -0.190. The number of aliphatic hydroxyl groups is 1. The van der Waals surface area contributed by atoms with Crippen molar-refractivity contribution in [1.82, 2.24) is 4.90 Å². The summed E-state index contributed by atoms with van der Waals surface area (Å²) in [6.07, 6.45) is 3.21. The summed E-state index contributed by atoms with van der Waals surface area (Å²) in [4.78, 5) is 2.88. The van der Waals surface area contributed by atoms with Crippen LogP contribution < -0.4 is 5.73 Å². The first kappa shape index (κ1) is 15.8. The third-order valence-electron chi connectivity index (χ3n) is 2.90. The van der Waals surface area contributed by atoms with E-state index < -0.39 is 0 Å². The van der Waals surface area contributed by atoms with Crippen molar-refractivity contribution in [2.45, 2.75) is 40.0 Å². The zero-order chi connectivity index (χ0) is 12.6. The highest BCUT2D eigenvalue weighted by Crippen LogP contribution is 2.22. The molecule has 0 fully saturated rings. The minimum atomic E-state index is -0.0492. The first-order valence-electron chi connectivity index (χ1n) is 6.07. The molecule has 4 heteroatoms. The van der Waals surface area contributed by atoms with Gasteiger partial charge in [0.25, 0.3) is 0 Å². The normalized spacial score (nSPS) is 12.1. The molecule has 0 aromatic carbocycles. The van der Waals surface area contributed by atoms with Crippen LogP contribution in [0.25, 0.3) is 0 Å². The molecule has 0 spiro atoms. The Morgan fingerprint density at radius 2 is 1.94 bits per heavy atom. The van der Waals surface area contributed by atoms with Crippen molar-refractivity contribution < 1.29 is 5.11 Å². The van der Waals surface area contributed by atoms with E-state index in [0.29, 0.717) is 4.99 Å². The second kappa shape index (κ2) is 7.98. The highest BCUT2D eigenvalue weighted by atomic mass is 32.1. The standard InChI is InChI=1S/C12H26N2OS/c1-4-7-14(9-10-15)8-5-6-12(2,3)11(13)16/h15H,4-10H2,1-3H3,(H2,13,16). The maximum Gasteiger partial charge on any atom is 0.0784 e. The van der Waals surface area contributed by atoms with Crippen molar-refractivity contribution in [2.24, 2.45) is 11.1 Å². The summed E-state index contributed by atoms with van der Waals surface area (Å²) in [7, 11) is 0. The molecule has 3 nitrogen and oxygen atoms in total. The fourth-order valence-electron chi connectivity index (χ4n) is 1.66. The van der Waals surface area contributed by atoms with Crippen molar-refractivity contribution in [3.05, 3.63) is 0 Å². The highest BCUT2D eigenvalue weighted by molar-refractivity contribution is 7.80. The first-order valence-corrected chi connectivity index (χ1v) is 6.48. The van der Waals surface area contributed by atoms with Crippen LogP contribution in [0.2, 0.25) is 0 Å². The minimum Gasteiger partial charge on any atom is -0.395 e. The Kier molecular flexibility index (Phi) is 7.89. The lowest BCUT2D eigenvalue weighted by Crippen LogP contribution is -2.33. The van der Waals surface area contributed by atoms with Gasteiger partial charge in [-0.25, -0.2) is 0 Å². The molecule has 16 heavy (non-hydrogen) atoms. The van der Waals surface area contributed by atoms with Crippen LogP contribution in [0.15, 0.2) is 0 Å². The van der Waals surface area contributed by atoms with Crippen LogP contribution in [-0.4, -0.2) is 41.2 Å². The van der Waals surface area contributed by atoms with Gasteiger partial charge in [0.2, 0.25) is 0 Å². The lowest BCUT2D eigenvalue weighted by atomic mass is 9.88. The molecule has 0 rings (SSSR count). The van der Waals surface area contributed by atoms with E-state index >= 15 is 0 Å². The molecule has 0 aromatic heterocycles. The van der Waals surface area contributed by atoms with Crippen LogP contribution in [-0.2, 0) is 0 Å². The number of hydrogen-bond donors (Lipinski definition) is 2. The molecule has 0 saturated carbocycles. The molecule has 0 aliphatic rings. The lowest BCUT2D eigenvalue weighted by molar-refractivity contribution is 0.190. The Balaban J connectivity index is 3.88. The summed E-state index contributed by atoms with van der Waals surface area (Å²) < 4.78 is 0. The molecule has 0 radical (unpaired) electrons. The Labute approximate surface area is 105 Å². The van der Waals surface area contributed by atoms with Crippen molar-refractivity contribution in [3.8, 4) is 0 Å². The second-order valence-corrected chi connectivity index (χ2v) is 5.36. The smallest absolute Gasteiger partial charge is 0.0784 e. The van der Waals surface area contributed by atoms with Gasteiger partial charge in [-0.3, -0.25) is 0 Å². The van der Waals surface area contributed by atoms with Crippen molar-refractivity contribution in [3.63, 3.8) is 0 Å². The van der Waals surface area contributed by atoms with E-state index in [-0.39, 0.29) is 12.0 Å². The van der Waals surface area contributed by atoms with E-state index in [4.69, 9.17) is 23.1 Å². The molecule has 96 valence electrons. The van der Waals surface area contributed by atoms with E-state index in [1.165, 1.54) is 0 Å². The molecule has 0 unspecified atom stereocenters. The van der Waals surface area contributed by atoms with Gasteiger partial charge in [0.15, 0.2) is 0 Å². The predicted octanol–water partition coefficient (Wildman–Crippen LogP) is 1.78. The molecular weight excluding hydrogens is 220 g/mol. The molecule has 0 atom stereocenters. The third-order valence-corrected chi connectivity index (χ3v) is 3.45. The van der Waals surface area contributed by atoms with Crippen molar-refractivity contribution >= 4 is 17.2 Å². The SMILES string of the molecule is CCCN(CCO)CCCC(C)(C)C(N)=S. The van der Waals surface area contributed by atoms with Gasteiger partial charge in [0.05, 0.1) is 11.6 Å². The number of hydrogen-bond acceptors (Lipinski definition) is 3. The number of thiocarbonyl (C=S) groups is 1. The Morgan fingerprint density at radius 1 is 1.31 bits per heavy atom. The fourth-order valence-corrected chi connectivity index (χ4v) is 1.76. The summed E-state index contributed by atoms with van der Waals surface area (Å²) in [5, 5.41) is 8.93. The molecule has 0 bridgehead atoms. The summed E-state index contributed by atoms with van der Waals surface area (Å²) in [6.45, 7) is 9.40. The van der Waals surface area contributed by atoms with Gasteiger partial charge in [0, 0.05) is 12.0 Å². The minimum absolute atomic E-state index is 0.0492. The van der Waals surface area contributed by atoms with E-state index in [1.54, 1.807) is 0 Å². The Bertz CT molecular complexity index is 201. The van der Waals surface area contributed by atoms with E-state index in [2.05, 4.69) is 25.7 Å². The van der Waals surface area contributed by atoms with Gasteiger partial charge >= 0.3 is 0 Å². The average Bonchev–Trinajstić information content (AvgIpc) is 2.17. The van der Waals surface area contributed by atoms with Gasteiger partial charge in [-0.15, -0.1) is 0 Å². The zero-order valence-corrected chi connectivity index (χ0v) is 11.6. The van der Waals surface area contributed by atoms with E-state index in [9.17, 15) is 0 Å². The van der Waals surface area contributed by atoms with Crippen molar-refractivity contribution in [1.29, 1.82) is 0 Å². The largest absolute Gasteiger partial charge is 0.395 e. The van der Waals surface area contributed by atoms with Crippen LogP contribution in [0.3, 0.4) is 0 Å². The van der Waals surface area contributed by atoms with Crippen LogP contribution >= 0.6 is 12.2 Å². The molecule has 3 N–H and O–H groups in total. The van der Waals surface area contributed by atoms with Gasteiger partial charge in [-0.05, 0) is 32.4 Å². The lowest BCUT2D eigenvalue weighted by Gasteiger charge is -2.26. The van der Waals surface area contributed by atoms with Crippen LogP contribution in [0.5, 0.6) is 0 Å². The average molecular weight is 246 g/mol. The van der Waals surface area contributed by atoms with Crippen LogP contribution in [0, 0.1) is 5.41 Å². The molecular formula is C12H26N2OS. The summed E-state index contributed by atoms with van der Waals surface area (Å²) in [6, 6.07) is 0. The summed E-state index contributed by atoms with van der Waals surface area (Å²) in [5.74, 6) is 0. The van der Waals surface area contributed by atoms with Crippen LogP contribution in [0.4, 0.5) is 0 Å². The molecule has 0 aromatic rings. The molecule has 0 saturated heterocycles. The maximum absolute atomic E-state index is 8.93. The van der Waals surface area contributed by atoms with Gasteiger partial charge in [0.1, 0.15) is 0 Å². The topological polar surface area (TPSA) is 49.5 Å². The highest BCUT2D eigenvalue weighted by Gasteiger charge is 2.20. The number of nitrogens with two attached hydrogens (primary N) is 1. The maximum atomic E-state index is 8.93. The molecule has 0 aliphatic carbocycles. The molecule has 0 amide bonds. The summed E-state index contributed by atoms with van der Waals surface area (Å²) >= 11 is 5.04. The number of nitrogens with zero attached hydrogens (tertiary/aromatic N) is 1. The van der Waals surface area contributed by atoms with Crippen LogP contribution in [0.1, 0.15) is 40.0 Å². The van der Waals surface area contributed by atoms with Gasteiger partial charge < -0.3 is 15.7 Å². The van der Waals surface area contributed by atoms with Crippen molar-refractivity contribution in [2.75, 3.05) is 26.2 Å². The van der Waals surface area contributed by atoms with Gasteiger partial charge in [-0.1, -0.05) is 33.0 Å². The number of aliphatic hydroxyl groups excluding tert-OH is 1. The first-order chi connectivity index (χ1) is 7.44. The second-order valence-electron chi connectivity index (χ2n) is 4.92. The Morgan fingerprint density at radius 3 is 2.38 bits per heavy atom. The molecule has 0 heterocycles. The quantitative estimate of drug-likeness (QED) is 0.609. The number of rotatable bonds is 9. The fraction of sp³-hybridized carbons (Fsp3) is 0.917. The third kappa shape index (κ3) is 6.40.